The van der Waals surface area contributed by atoms with Gasteiger partial charge in [0.15, 0.2) is 0 Å². The highest BCUT2D eigenvalue weighted by atomic mass is 16.6. The second-order valence-corrected chi connectivity index (χ2v) is 4.69. The van der Waals surface area contributed by atoms with Gasteiger partial charge < -0.3 is 10.1 Å². The van der Waals surface area contributed by atoms with Crippen molar-refractivity contribution in [2.24, 2.45) is 0 Å². The number of fused-ring (bicyclic) bond motifs is 1. The van der Waals surface area contributed by atoms with Gasteiger partial charge in [-0.3, -0.25) is 0 Å². The third-order valence-corrected chi connectivity index (χ3v) is 3.49. The highest BCUT2D eigenvalue weighted by Gasteiger charge is 2.40. The zero-order chi connectivity index (χ0) is 13.0. The summed E-state index contributed by atoms with van der Waals surface area (Å²) in [7, 11) is 0. The summed E-state index contributed by atoms with van der Waals surface area (Å²) < 4.78 is 5.64. The van der Waals surface area contributed by atoms with E-state index >= 15 is 0 Å². The minimum atomic E-state index is -0.288. The molecule has 2 aliphatic rings. The minimum Gasteiger partial charge on any atom is -0.454 e. The minimum absolute atomic E-state index is 0.162. The van der Waals surface area contributed by atoms with E-state index in [-0.39, 0.29) is 11.6 Å². The predicted octanol–water partition coefficient (Wildman–Crippen LogP) is 2.55. The Balaban J connectivity index is 0.000000574. The van der Waals surface area contributed by atoms with Crippen molar-refractivity contribution in [1.82, 2.24) is 5.32 Å². The van der Waals surface area contributed by atoms with Crippen LogP contribution in [0.5, 0.6) is 0 Å². The maximum atomic E-state index is 11.9. The second kappa shape index (κ2) is 5.53. The van der Waals surface area contributed by atoms with Gasteiger partial charge in [0.1, 0.15) is 5.60 Å². The zero-order valence-corrected chi connectivity index (χ0v) is 11.2. The van der Waals surface area contributed by atoms with Crippen LogP contribution in [-0.2, 0) is 11.2 Å². The van der Waals surface area contributed by atoms with Crippen LogP contribution in [0.15, 0.2) is 24.3 Å². The lowest BCUT2D eigenvalue weighted by Crippen LogP contribution is -2.52. The van der Waals surface area contributed by atoms with Crippen molar-refractivity contribution >= 4 is 5.97 Å². The Kier molecular flexibility index (Phi) is 4.02. The third kappa shape index (κ3) is 2.41. The van der Waals surface area contributed by atoms with E-state index < -0.39 is 0 Å². The van der Waals surface area contributed by atoms with E-state index in [1.165, 1.54) is 0 Å². The Morgan fingerprint density at radius 1 is 1.28 bits per heavy atom. The highest BCUT2D eigenvalue weighted by Crippen LogP contribution is 2.32. The number of ether oxygens (including phenoxy) is 1. The van der Waals surface area contributed by atoms with Gasteiger partial charge in [-0.1, -0.05) is 32.0 Å². The number of carbonyl (C=O) groups excluding carboxylic acids is 1. The molecule has 18 heavy (non-hydrogen) atoms. The number of carbonyl (C=O) groups is 1. The number of hydrogen-bond acceptors (Lipinski definition) is 3. The highest BCUT2D eigenvalue weighted by molar-refractivity contribution is 5.92. The molecule has 2 aliphatic heterocycles. The predicted molar refractivity (Wildman–Crippen MR) is 71.7 cm³/mol. The molecule has 1 aromatic rings. The normalized spacial score (nSPS) is 25.8. The number of hydrogen-bond donors (Lipinski definition) is 1. The van der Waals surface area contributed by atoms with Crippen molar-refractivity contribution in [2.75, 3.05) is 13.1 Å². The largest absolute Gasteiger partial charge is 0.454 e. The molecule has 1 aromatic carbocycles. The van der Waals surface area contributed by atoms with Crippen molar-refractivity contribution in [3.63, 3.8) is 0 Å². The second-order valence-electron chi connectivity index (χ2n) is 4.69. The molecule has 0 bridgehead atoms. The fourth-order valence-electron chi connectivity index (χ4n) is 2.69. The van der Waals surface area contributed by atoms with E-state index in [4.69, 9.17) is 4.74 Å². The molecular formula is C15H21NO2. The van der Waals surface area contributed by atoms with Crippen molar-refractivity contribution < 1.29 is 9.53 Å². The van der Waals surface area contributed by atoms with Crippen molar-refractivity contribution in [2.45, 2.75) is 38.7 Å². The topological polar surface area (TPSA) is 38.3 Å². The molecule has 1 N–H and O–H groups in total. The Labute approximate surface area is 109 Å². The number of nitrogens with one attached hydrogen (secondary N) is 1. The number of esters is 1. The maximum Gasteiger partial charge on any atom is 0.339 e. The fourth-order valence-corrected chi connectivity index (χ4v) is 2.69. The Bertz CT molecular complexity index is 422. The Hall–Kier alpha value is -1.35. The first-order chi connectivity index (χ1) is 8.79. The average Bonchev–Trinajstić information content (AvgIpc) is 2.42. The lowest BCUT2D eigenvalue weighted by molar-refractivity contribution is -0.0360. The van der Waals surface area contributed by atoms with Crippen molar-refractivity contribution in [3.8, 4) is 0 Å². The van der Waals surface area contributed by atoms with Gasteiger partial charge in [0, 0.05) is 13.0 Å². The first-order valence-electron chi connectivity index (χ1n) is 6.81. The standard InChI is InChI=1S/C13H15NO2.C2H6/c15-12-11-5-2-1-4-10(11)8-13(16-12)6-3-7-14-9-13;1-2/h1-2,4-5,14H,3,6-9H2;1-2H3. The molecule has 0 radical (unpaired) electrons. The van der Waals surface area contributed by atoms with Gasteiger partial charge in [0.2, 0.25) is 0 Å². The average molecular weight is 247 g/mol. The number of rotatable bonds is 0. The molecule has 2 heterocycles. The summed E-state index contributed by atoms with van der Waals surface area (Å²) >= 11 is 0. The summed E-state index contributed by atoms with van der Waals surface area (Å²) in [5, 5.41) is 3.32. The van der Waals surface area contributed by atoms with Gasteiger partial charge in [-0.2, -0.15) is 0 Å². The van der Waals surface area contributed by atoms with Crippen molar-refractivity contribution in [1.29, 1.82) is 0 Å². The quantitative estimate of drug-likeness (QED) is 0.716. The van der Waals surface area contributed by atoms with Crippen LogP contribution in [-0.4, -0.2) is 24.7 Å². The van der Waals surface area contributed by atoms with Crippen molar-refractivity contribution in [3.05, 3.63) is 35.4 Å². The first kappa shape index (κ1) is 13.1. The molecule has 3 nitrogen and oxygen atoms in total. The van der Waals surface area contributed by atoms with Crippen LogP contribution in [0.4, 0.5) is 0 Å². The molecule has 3 heteroatoms. The number of piperidine rings is 1. The zero-order valence-electron chi connectivity index (χ0n) is 11.2. The smallest absolute Gasteiger partial charge is 0.339 e. The van der Waals surface area contributed by atoms with E-state index in [0.717, 1.165) is 43.5 Å². The number of benzene rings is 1. The van der Waals surface area contributed by atoms with Crippen LogP contribution >= 0.6 is 0 Å². The molecule has 1 fully saturated rings. The van der Waals surface area contributed by atoms with Crippen LogP contribution in [0, 0.1) is 0 Å². The molecule has 1 spiro atoms. The fraction of sp³-hybridized carbons (Fsp3) is 0.533. The lowest BCUT2D eigenvalue weighted by atomic mass is 9.83. The van der Waals surface area contributed by atoms with Crippen LogP contribution in [0.1, 0.15) is 42.6 Å². The van der Waals surface area contributed by atoms with Crippen LogP contribution < -0.4 is 5.32 Å². The van der Waals surface area contributed by atoms with Crippen LogP contribution in [0.25, 0.3) is 0 Å². The molecule has 0 aromatic heterocycles. The molecule has 3 rings (SSSR count). The van der Waals surface area contributed by atoms with Gasteiger partial charge in [-0.05, 0) is 31.0 Å². The van der Waals surface area contributed by atoms with Crippen LogP contribution in [0.3, 0.4) is 0 Å². The molecule has 1 unspecified atom stereocenters. The van der Waals surface area contributed by atoms with Gasteiger partial charge in [-0.25, -0.2) is 4.79 Å². The van der Waals surface area contributed by atoms with Crippen LogP contribution in [0.2, 0.25) is 0 Å². The van der Waals surface area contributed by atoms with Gasteiger partial charge >= 0.3 is 5.97 Å². The van der Waals surface area contributed by atoms with E-state index in [2.05, 4.69) is 5.32 Å². The van der Waals surface area contributed by atoms with Gasteiger partial charge in [0.05, 0.1) is 5.56 Å². The Morgan fingerprint density at radius 2 is 2.06 bits per heavy atom. The molecule has 1 saturated heterocycles. The van der Waals surface area contributed by atoms with E-state index in [1.807, 2.05) is 38.1 Å². The molecule has 98 valence electrons. The summed E-state index contributed by atoms with van der Waals surface area (Å²) in [6.45, 7) is 5.81. The van der Waals surface area contributed by atoms with Gasteiger partial charge in [-0.15, -0.1) is 0 Å². The molecule has 1 atom stereocenters. The van der Waals surface area contributed by atoms with E-state index in [1.54, 1.807) is 0 Å². The monoisotopic (exact) mass is 247 g/mol. The van der Waals surface area contributed by atoms with E-state index in [9.17, 15) is 4.79 Å². The molecular weight excluding hydrogens is 226 g/mol. The molecule has 0 saturated carbocycles. The van der Waals surface area contributed by atoms with E-state index in [0.29, 0.717) is 0 Å². The molecule has 0 amide bonds. The Morgan fingerprint density at radius 3 is 2.78 bits per heavy atom. The first-order valence-corrected chi connectivity index (χ1v) is 6.81. The summed E-state index contributed by atoms with van der Waals surface area (Å²) in [6.07, 6.45) is 2.90. The maximum absolute atomic E-state index is 11.9. The van der Waals surface area contributed by atoms with Gasteiger partial charge in [0.25, 0.3) is 0 Å². The summed E-state index contributed by atoms with van der Waals surface area (Å²) in [5.41, 5.74) is 1.57. The SMILES string of the molecule is CC.O=C1OC2(CCCNC2)Cc2ccccc21. The summed E-state index contributed by atoms with van der Waals surface area (Å²) in [4.78, 5) is 11.9. The lowest BCUT2D eigenvalue weighted by Gasteiger charge is -2.40. The third-order valence-electron chi connectivity index (χ3n) is 3.49. The molecule has 0 aliphatic carbocycles. The summed E-state index contributed by atoms with van der Waals surface area (Å²) in [6, 6.07) is 7.76. The summed E-state index contributed by atoms with van der Waals surface area (Å²) in [5.74, 6) is -0.162.